The molecule has 108 valence electrons. The van der Waals surface area contributed by atoms with Crippen LogP contribution in [-0.4, -0.2) is 16.7 Å². The van der Waals surface area contributed by atoms with E-state index in [1.54, 1.807) is 6.07 Å². The molecule has 1 atom stereocenters. The van der Waals surface area contributed by atoms with Crippen molar-refractivity contribution in [3.63, 3.8) is 0 Å². The average Bonchev–Trinajstić information content (AvgIpc) is 2.88. The Labute approximate surface area is 123 Å². The van der Waals surface area contributed by atoms with Crippen molar-refractivity contribution in [1.82, 2.24) is 15.5 Å². The Balaban J connectivity index is 0.00000147. The maximum Gasteiger partial charge on any atom is 0.243 e. The van der Waals surface area contributed by atoms with E-state index in [1.165, 1.54) is 25.0 Å². The molecule has 0 aliphatic carbocycles. The predicted molar refractivity (Wildman–Crippen MR) is 75.3 cm³/mol. The summed E-state index contributed by atoms with van der Waals surface area (Å²) < 4.78 is 18.4. The quantitative estimate of drug-likeness (QED) is 0.946. The Kier molecular flexibility index (Phi) is 5.09. The Hall–Kier alpha value is -1.46. The van der Waals surface area contributed by atoms with E-state index in [-0.39, 0.29) is 24.3 Å². The SMILES string of the molecule is Cl.Fc1cccc(Cc2noc([C@@H]3CCCCN3)n2)c1. The van der Waals surface area contributed by atoms with E-state index >= 15 is 0 Å². The lowest BCUT2D eigenvalue weighted by Crippen LogP contribution is -2.27. The highest BCUT2D eigenvalue weighted by Gasteiger charge is 2.20. The van der Waals surface area contributed by atoms with Gasteiger partial charge >= 0.3 is 0 Å². The zero-order valence-corrected chi connectivity index (χ0v) is 11.8. The summed E-state index contributed by atoms with van der Waals surface area (Å²) in [4.78, 5) is 4.40. The van der Waals surface area contributed by atoms with Gasteiger partial charge in [0.15, 0.2) is 5.82 Å². The second-order valence-corrected chi connectivity index (χ2v) is 4.86. The molecule has 0 unspecified atom stereocenters. The van der Waals surface area contributed by atoms with Gasteiger partial charge in [-0.05, 0) is 37.1 Å². The third-order valence-electron chi connectivity index (χ3n) is 3.34. The second-order valence-electron chi connectivity index (χ2n) is 4.86. The number of aromatic nitrogens is 2. The minimum absolute atomic E-state index is 0. The molecular formula is C14H17ClFN3O. The predicted octanol–water partition coefficient (Wildman–Crippen LogP) is 3.04. The first-order valence-electron chi connectivity index (χ1n) is 6.61. The van der Waals surface area contributed by atoms with Gasteiger partial charge in [-0.1, -0.05) is 23.7 Å². The van der Waals surface area contributed by atoms with Crippen molar-refractivity contribution in [3.8, 4) is 0 Å². The van der Waals surface area contributed by atoms with Crippen molar-refractivity contribution in [2.45, 2.75) is 31.7 Å². The Morgan fingerprint density at radius 3 is 3.00 bits per heavy atom. The summed E-state index contributed by atoms with van der Waals surface area (Å²) in [7, 11) is 0. The van der Waals surface area contributed by atoms with Crippen molar-refractivity contribution < 1.29 is 8.91 Å². The van der Waals surface area contributed by atoms with Crippen molar-refractivity contribution >= 4 is 12.4 Å². The summed E-state index contributed by atoms with van der Waals surface area (Å²) in [6, 6.07) is 6.64. The van der Waals surface area contributed by atoms with E-state index in [1.807, 2.05) is 6.07 Å². The molecule has 0 saturated carbocycles. The molecule has 2 aromatic rings. The maximum atomic E-state index is 13.1. The molecule has 1 N–H and O–H groups in total. The monoisotopic (exact) mass is 297 g/mol. The first-order valence-corrected chi connectivity index (χ1v) is 6.61. The summed E-state index contributed by atoms with van der Waals surface area (Å²) in [6.45, 7) is 0.992. The molecule has 1 aliphatic rings. The van der Waals surface area contributed by atoms with E-state index in [4.69, 9.17) is 4.52 Å². The topological polar surface area (TPSA) is 51.0 Å². The summed E-state index contributed by atoms with van der Waals surface area (Å²) >= 11 is 0. The first kappa shape index (κ1) is 14.9. The lowest BCUT2D eigenvalue weighted by Gasteiger charge is -2.19. The van der Waals surface area contributed by atoms with Crippen molar-refractivity contribution in [3.05, 3.63) is 47.4 Å². The number of piperidine rings is 1. The molecule has 1 aromatic carbocycles. The third kappa shape index (κ3) is 3.55. The molecule has 0 bridgehead atoms. The highest BCUT2D eigenvalue weighted by atomic mass is 35.5. The molecule has 6 heteroatoms. The van der Waals surface area contributed by atoms with Gasteiger partial charge in [0.1, 0.15) is 5.82 Å². The lowest BCUT2D eigenvalue weighted by atomic mass is 10.1. The molecule has 2 heterocycles. The van der Waals surface area contributed by atoms with Crippen LogP contribution in [-0.2, 0) is 6.42 Å². The number of hydrogen-bond donors (Lipinski definition) is 1. The fourth-order valence-corrected chi connectivity index (χ4v) is 2.37. The van der Waals surface area contributed by atoms with E-state index in [0.29, 0.717) is 18.1 Å². The van der Waals surface area contributed by atoms with Crippen LogP contribution in [0, 0.1) is 5.82 Å². The largest absolute Gasteiger partial charge is 0.338 e. The van der Waals surface area contributed by atoms with Crippen molar-refractivity contribution in [2.75, 3.05) is 6.54 Å². The molecule has 0 amide bonds. The van der Waals surface area contributed by atoms with Gasteiger partial charge in [-0.2, -0.15) is 4.98 Å². The van der Waals surface area contributed by atoms with Gasteiger partial charge in [-0.3, -0.25) is 0 Å². The number of nitrogens with one attached hydrogen (secondary N) is 1. The molecule has 1 aliphatic heterocycles. The van der Waals surface area contributed by atoms with Gasteiger partial charge in [-0.25, -0.2) is 4.39 Å². The van der Waals surface area contributed by atoms with E-state index in [2.05, 4.69) is 15.5 Å². The molecule has 3 rings (SSSR count). The van der Waals surface area contributed by atoms with Crippen LogP contribution in [0.4, 0.5) is 4.39 Å². The second kappa shape index (κ2) is 6.81. The molecule has 1 aromatic heterocycles. The number of benzene rings is 1. The molecule has 20 heavy (non-hydrogen) atoms. The summed E-state index contributed by atoms with van der Waals surface area (Å²) in [6.07, 6.45) is 3.90. The molecule has 1 fully saturated rings. The maximum absolute atomic E-state index is 13.1. The number of nitrogens with zero attached hydrogens (tertiary/aromatic N) is 2. The first-order chi connectivity index (χ1) is 9.31. The standard InChI is InChI=1S/C14H16FN3O.ClH/c15-11-5-3-4-10(8-11)9-13-17-14(19-18-13)12-6-1-2-7-16-12;/h3-5,8,12,16H,1-2,6-7,9H2;1H/t12-;/m0./s1. The minimum atomic E-state index is -0.241. The average molecular weight is 298 g/mol. The third-order valence-corrected chi connectivity index (χ3v) is 3.34. The van der Waals surface area contributed by atoms with Crippen LogP contribution in [0.15, 0.2) is 28.8 Å². The van der Waals surface area contributed by atoms with E-state index in [0.717, 1.165) is 18.5 Å². The zero-order valence-electron chi connectivity index (χ0n) is 11.0. The van der Waals surface area contributed by atoms with Gasteiger partial charge in [-0.15, -0.1) is 12.4 Å². The van der Waals surface area contributed by atoms with Crippen LogP contribution >= 0.6 is 12.4 Å². The van der Waals surface area contributed by atoms with Gasteiger partial charge in [0.25, 0.3) is 0 Å². The van der Waals surface area contributed by atoms with Gasteiger partial charge in [0, 0.05) is 6.42 Å². The van der Waals surface area contributed by atoms with Crippen molar-refractivity contribution in [1.29, 1.82) is 0 Å². The summed E-state index contributed by atoms with van der Waals surface area (Å²) in [5.41, 5.74) is 0.851. The van der Waals surface area contributed by atoms with Crippen LogP contribution in [0.5, 0.6) is 0 Å². The normalized spacial score (nSPS) is 18.6. The lowest BCUT2D eigenvalue weighted by molar-refractivity contribution is 0.296. The molecular weight excluding hydrogens is 281 g/mol. The highest BCUT2D eigenvalue weighted by molar-refractivity contribution is 5.85. The van der Waals surface area contributed by atoms with E-state index in [9.17, 15) is 4.39 Å². The van der Waals surface area contributed by atoms with Gasteiger partial charge < -0.3 is 9.84 Å². The zero-order chi connectivity index (χ0) is 13.1. The smallest absolute Gasteiger partial charge is 0.243 e. The molecule has 4 nitrogen and oxygen atoms in total. The van der Waals surface area contributed by atoms with E-state index < -0.39 is 0 Å². The highest BCUT2D eigenvalue weighted by Crippen LogP contribution is 2.21. The molecule has 0 radical (unpaired) electrons. The van der Waals surface area contributed by atoms with Crippen molar-refractivity contribution in [2.24, 2.45) is 0 Å². The minimum Gasteiger partial charge on any atom is -0.338 e. The van der Waals surface area contributed by atoms with Crippen LogP contribution in [0.2, 0.25) is 0 Å². The Morgan fingerprint density at radius 2 is 2.25 bits per heavy atom. The number of hydrogen-bond acceptors (Lipinski definition) is 4. The van der Waals surface area contributed by atoms with Gasteiger partial charge in [0.2, 0.25) is 5.89 Å². The molecule has 1 saturated heterocycles. The summed E-state index contributed by atoms with van der Waals surface area (Å²) in [5.74, 6) is 1.01. The van der Waals surface area contributed by atoms with Crippen LogP contribution < -0.4 is 5.32 Å². The number of rotatable bonds is 3. The van der Waals surface area contributed by atoms with Crippen LogP contribution in [0.25, 0.3) is 0 Å². The Morgan fingerprint density at radius 1 is 1.35 bits per heavy atom. The Bertz CT molecular complexity index is 555. The molecule has 0 spiro atoms. The van der Waals surface area contributed by atoms with Gasteiger partial charge in [0.05, 0.1) is 6.04 Å². The fourth-order valence-electron chi connectivity index (χ4n) is 2.37. The fraction of sp³-hybridized carbons (Fsp3) is 0.429. The van der Waals surface area contributed by atoms with Crippen LogP contribution in [0.1, 0.15) is 42.6 Å². The summed E-state index contributed by atoms with van der Waals surface area (Å²) in [5, 5.41) is 7.33. The number of halogens is 2. The van der Waals surface area contributed by atoms with Crippen LogP contribution in [0.3, 0.4) is 0 Å².